The fourth-order valence-electron chi connectivity index (χ4n) is 5.33. The Bertz CT molecular complexity index is 1630. The molecule has 2 amide bonds. The molecule has 234 valence electrons. The van der Waals surface area contributed by atoms with Crippen molar-refractivity contribution in [3.63, 3.8) is 0 Å². The van der Waals surface area contributed by atoms with Crippen LogP contribution in [0.5, 0.6) is 11.5 Å². The fourth-order valence-corrected chi connectivity index (χ4v) is 5.51. The maximum atomic E-state index is 14.7. The number of rotatable bonds is 9. The van der Waals surface area contributed by atoms with Crippen LogP contribution in [0.4, 0.5) is 22.4 Å². The zero-order chi connectivity index (χ0) is 32.0. The van der Waals surface area contributed by atoms with Crippen molar-refractivity contribution in [2.45, 2.75) is 50.4 Å². The Kier molecular flexibility index (Phi) is 8.27. The first kappa shape index (κ1) is 31.5. The first-order valence-electron chi connectivity index (χ1n) is 13.8. The summed E-state index contributed by atoms with van der Waals surface area (Å²) >= 11 is 5.96. The van der Waals surface area contributed by atoms with Crippen LogP contribution in [0.25, 0.3) is 11.3 Å². The quantitative estimate of drug-likeness (QED) is 0.216. The van der Waals surface area contributed by atoms with Crippen molar-refractivity contribution in [2.75, 3.05) is 26.8 Å². The van der Waals surface area contributed by atoms with E-state index in [0.29, 0.717) is 30.0 Å². The molecule has 1 atom stereocenters. The number of urea groups is 1. The Balaban J connectivity index is 1.47. The van der Waals surface area contributed by atoms with Crippen LogP contribution in [0.15, 0.2) is 42.5 Å². The lowest BCUT2D eigenvalue weighted by molar-refractivity contribution is -0.270. The van der Waals surface area contributed by atoms with Crippen LogP contribution in [-0.4, -0.2) is 59.8 Å². The van der Waals surface area contributed by atoms with Crippen LogP contribution in [0.1, 0.15) is 53.9 Å². The molecule has 5 rings (SSSR count). The van der Waals surface area contributed by atoms with Crippen molar-refractivity contribution in [1.82, 2.24) is 15.2 Å². The molecule has 0 bridgehead atoms. The van der Waals surface area contributed by atoms with Crippen molar-refractivity contribution < 1.29 is 41.7 Å². The molecule has 0 radical (unpaired) electrons. The van der Waals surface area contributed by atoms with Gasteiger partial charge < -0.3 is 24.8 Å². The number of carbonyl (C=O) groups excluding carboxylic acids is 2. The maximum Gasteiger partial charge on any atom is 0.422 e. The van der Waals surface area contributed by atoms with Crippen molar-refractivity contribution >= 4 is 23.4 Å². The zero-order valence-electron chi connectivity index (χ0n) is 24.1. The normalized spacial score (nSPS) is 17.1. The monoisotopic (exact) mass is 635 g/mol. The molecule has 3 aromatic rings. The number of aliphatic hydroxyl groups is 1. The Morgan fingerprint density at radius 3 is 2.59 bits per heavy atom. The van der Waals surface area contributed by atoms with E-state index in [0.717, 1.165) is 12.1 Å². The van der Waals surface area contributed by atoms with Gasteiger partial charge in [0.05, 0.1) is 31.0 Å². The highest BCUT2D eigenvalue weighted by molar-refractivity contribution is 6.31. The maximum absolute atomic E-state index is 14.7. The number of aromatic nitrogens is 1. The number of methoxy groups -OCH3 is 1. The second-order valence-electron chi connectivity index (χ2n) is 11.5. The van der Waals surface area contributed by atoms with Crippen molar-refractivity contribution in [1.29, 1.82) is 0 Å². The van der Waals surface area contributed by atoms with Crippen LogP contribution in [0.2, 0.25) is 5.02 Å². The molecule has 1 aromatic heterocycles. The summed E-state index contributed by atoms with van der Waals surface area (Å²) in [4.78, 5) is 30.9. The number of carbonyl (C=O) groups is 2. The van der Waals surface area contributed by atoms with E-state index in [1.807, 2.05) is 0 Å². The third kappa shape index (κ3) is 5.80. The van der Waals surface area contributed by atoms with Crippen LogP contribution in [0, 0.1) is 5.82 Å². The third-order valence-electron chi connectivity index (χ3n) is 7.99. The summed E-state index contributed by atoms with van der Waals surface area (Å²) in [5.41, 5.74) is -3.73. The number of nitrogens with zero attached hydrogens (tertiary/aromatic N) is 2. The summed E-state index contributed by atoms with van der Waals surface area (Å²) in [5, 5.41) is 13.7. The smallest absolute Gasteiger partial charge is 0.422 e. The van der Waals surface area contributed by atoms with E-state index in [1.54, 1.807) is 24.8 Å². The Labute approximate surface area is 255 Å². The third-order valence-corrected chi connectivity index (χ3v) is 8.28. The molecule has 2 aliphatic heterocycles. The lowest BCUT2D eigenvalue weighted by Crippen LogP contribution is -2.43. The summed E-state index contributed by atoms with van der Waals surface area (Å²) in [6.45, 7) is 4.90. The molecular weight excluding hydrogens is 606 g/mol. The second kappa shape index (κ2) is 11.6. The number of ketones is 1. The molecule has 0 aliphatic carbocycles. The molecule has 2 N–H and O–H groups in total. The molecule has 1 saturated heterocycles. The minimum atomic E-state index is -5.21. The summed E-state index contributed by atoms with van der Waals surface area (Å²) in [5.74, 6) is -0.875. The first-order valence-corrected chi connectivity index (χ1v) is 14.2. The average molecular weight is 636 g/mol. The summed E-state index contributed by atoms with van der Waals surface area (Å²) in [6, 6.07) is 8.95. The number of alkyl halides is 3. The van der Waals surface area contributed by atoms with Crippen LogP contribution in [-0.2, 0) is 17.6 Å². The Morgan fingerprint density at radius 1 is 1.20 bits per heavy atom. The first-order chi connectivity index (χ1) is 20.6. The predicted octanol–water partition coefficient (Wildman–Crippen LogP) is 6.16. The van der Waals surface area contributed by atoms with Gasteiger partial charge in [-0.1, -0.05) is 37.6 Å². The van der Waals surface area contributed by atoms with Gasteiger partial charge in [0.1, 0.15) is 23.0 Å². The number of benzene rings is 2. The molecule has 8 nitrogen and oxygen atoms in total. The van der Waals surface area contributed by atoms with E-state index >= 15 is 0 Å². The number of hydrogen-bond acceptors (Lipinski definition) is 6. The van der Waals surface area contributed by atoms with Gasteiger partial charge >= 0.3 is 12.2 Å². The van der Waals surface area contributed by atoms with Crippen LogP contribution in [0.3, 0.4) is 0 Å². The molecular formula is C31H30ClF4N3O5. The number of Topliss-reactive ketones (excluding diaryl/α,β-unsaturated/α-hetero) is 1. The van der Waals surface area contributed by atoms with E-state index in [2.05, 4.69) is 10.3 Å². The molecule has 13 heteroatoms. The van der Waals surface area contributed by atoms with Gasteiger partial charge in [-0.05, 0) is 36.8 Å². The van der Waals surface area contributed by atoms with E-state index in [9.17, 15) is 32.3 Å². The Hall–Kier alpha value is -3.90. The van der Waals surface area contributed by atoms with Crippen molar-refractivity contribution in [2.24, 2.45) is 0 Å². The number of ether oxygens (including phenoxy) is 2. The zero-order valence-corrected chi connectivity index (χ0v) is 24.9. The molecule has 2 aromatic carbocycles. The average Bonchev–Trinajstić information content (AvgIpc) is 3.53. The van der Waals surface area contributed by atoms with Gasteiger partial charge in [0.25, 0.3) is 0 Å². The van der Waals surface area contributed by atoms with Crippen molar-refractivity contribution in [3.05, 3.63) is 75.7 Å². The molecule has 44 heavy (non-hydrogen) atoms. The molecule has 1 fully saturated rings. The molecule has 0 saturated carbocycles. The van der Waals surface area contributed by atoms with Gasteiger partial charge in [-0.15, -0.1) is 0 Å². The number of hydrogen-bond donors (Lipinski definition) is 2. The minimum absolute atomic E-state index is 0.0361. The lowest BCUT2D eigenvalue weighted by atomic mass is 9.83. The minimum Gasteiger partial charge on any atom is -0.496 e. The standard InChI is InChI=1S/C31H30ClF4N3O5/c1-29(2)16-44-27-20(29)14-25(38-26(27)18-6-7-22(33)21(32)12-18)30(42,31(34,35)36)9-8-23(40)17-4-5-19(24(13-17)43-3)15-39-11-10-37-28(39)41/h4-7,12-14,42H,8-11,15-16H2,1-3H3,(H,37,41). The predicted molar refractivity (Wildman–Crippen MR) is 153 cm³/mol. The second-order valence-corrected chi connectivity index (χ2v) is 11.9. The van der Waals surface area contributed by atoms with E-state index < -0.39 is 47.3 Å². The number of fused-ring (bicyclic) bond motifs is 1. The highest BCUT2D eigenvalue weighted by Gasteiger charge is 2.56. The fraction of sp³-hybridized carbons (Fsp3) is 0.387. The number of halogens is 5. The highest BCUT2D eigenvalue weighted by atomic mass is 35.5. The number of nitrogens with one attached hydrogen (secondary N) is 1. The highest BCUT2D eigenvalue weighted by Crippen LogP contribution is 2.49. The molecule has 2 aliphatic rings. The van der Waals surface area contributed by atoms with Gasteiger partial charge in [-0.25, -0.2) is 14.2 Å². The topological polar surface area (TPSA) is 101 Å². The van der Waals surface area contributed by atoms with Crippen LogP contribution < -0.4 is 14.8 Å². The molecule has 3 heterocycles. The van der Waals surface area contributed by atoms with Crippen molar-refractivity contribution in [3.8, 4) is 22.8 Å². The SMILES string of the molecule is COc1cc(C(=O)CCC(O)(c2cc3c(c(-c4ccc(F)c(Cl)c4)n2)OCC3(C)C)C(F)(F)F)ccc1CN1CCNC1=O. The van der Waals surface area contributed by atoms with E-state index in [-0.39, 0.29) is 46.8 Å². The van der Waals surface area contributed by atoms with Gasteiger partial charge in [-0.3, -0.25) is 4.79 Å². The largest absolute Gasteiger partial charge is 0.496 e. The van der Waals surface area contributed by atoms with Gasteiger partial charge in [0.2, 0.25) is 5.60 Å². The summed E-state index contributed by atoms with van der Waals surface area (Å²) < 4.78 is 69.1. The molecule has 1 unspecified atom stereocenters. The lowest BCUT2D eigenvalue weighted by Gasteiger charge is -2.31. The number of pyridine rings is 1. The summed E-state index contributed by atoms with van der Waals surface area (Å²) in [6.07, 6.45) is -6.92. The van der Waals surface area contributed by atoms with Gasteiger partial charge in [0.15, 0.2) is 5.78 Å². The number of amides is 2. The Morgan fingerprint density at radius 2 is 1.95 bits per heavy atom. The van der Waals surface area contributed by atoms with E-state index in [1.165, 1.54) is 31.4 Å². The van der Waals surface area contributed by atoms with Gasteiger partial charge in [0, 0.05) is 47.2 Å². The van der Waals surface area contributed by atoms with Crippen LogP contribution >= 0.6 is 11.6 Å². The van der Waals surface area contributed by atoms with E-state index in [4.69, 9.17) is 21.1 Å². The summed E-state index contributed by atoms with van der Waals surface area (Å²) in [7, 11) is 1.39. The van der Waals surface area contributed by atoms with Gasteiger partial charge in [-0.2, -0.15) is 13.2 Å². The molecule has 0 spiro atoms.